The van der Waals surface area contributed by atoms with Crippen molar-refractivity contribution in [2.45, 2.75) is 12.7 Å². The Morgan fingerprint density at radius 3 is 2.35 bits per heavy atom. The first-order valence-electron chi connectivity index (χ1n) is 7.02. The van der Waals surface area contributed by atoms with Crippen LogP contribution in [0, 0.1) is 5.41 Å². The van der Waals surface area contributed by atoms with Gasteiger partial charge in [0.25, 0.3) is 0 Å². The molecule has 1 fully saturated rings. The molecule has 0 spiro atoms. The lowest BCUT2D eigenvalue weighted by atomic mass is 9.81. The lowest BCUT2D eigenvalue weighted by Crippen LogP contribution is -2.39. The van der Waals surface area contributed by atoms with Crippen molar-refractivity contribution in [3.8, 4) is 0 Å². The van der Waals surface area contributed by atoms with Crippen LogP contribution in [0.1, 0.15) is 11.1 Å². The molecule has 1 N–H and O–H groups in total. The second-order valence-electron chi connectivity index (χ2n) is 5.31. The first-order valence-corrected chi connectivity index (χ1v) is 7.40. The number of benzene rings is 1. The van der Waals surface area contributed by atoms with Crippen LogP contribution in [0.2, 0.25) is 5.02 Å². The van der Waals surface area contributed by atoms with E-state index in [0.717, 1.165) is 0 Å². The molecule has 128 valence electrons. The van der Waals surface area contributed by atoms with Gasteiger partial charge in [0, 0.05) is 17.0 Å². The largest absolute Gasteiger partial charge is 0.411 e. The van der Waals surface area contributed by atoms with Crippen molar-refractivity contribution in [1.82, 2.24) is 0 Å². The summed E-state index contributed by atoms with van der Waals surface area (Å²) in [4.78, 5) is 0. The van der Waals surface area contributed by atoms with Gasteiger partial charge in [-0.25, -0.2) is 13.2 Å². The van der Waals surface area contributed by atoms with Crippen molar-refractivity contribution in [2.24, 2.45) is 10.6 Å². The maximum Gasteiger partial charge on any atom is 0.161 e. The van der Waals surface area contributed by atoms with Gasteiger partial charge in [-0.05, 0) is 17.7 Å². The van der Waals surface area contributed by atoms with Gasteiger partial charge in [0.2, 0.25) is 0 Å². The molecular weight excluding hydrogens is 335 g/mol. The molecule has 0 unspecified atom stereocenters. The fraction of sp³-hybridized carbons (Fsp3) is 0.533. The molecule has 0 aliphatic carbocycles. The molecule has 1 aromatic rings. The molecular formula is C15H17ClF3NO3. The Kier molecular flexibility index (Phi) is 6.26. The highest BCUT2D eigenvalue weighted by Crippen LogP contribution is 2.30. The van der Waals surface area contributed by atoms with Crippen LogP contribution >= 0.6 is 11.6 Å². The van der Waals surface area contributed by atoms with Crippen LogP contribution in [0.5, 0.6) is 0 Å². The topological polar surface area (TPSA) is 51.1 Å². The minimum Gasteiger partial charge on any atom is -0.411 e. The number of alkyl halides is 3. The summed E-state index contributed by atoms with van der Waals surface area (Å²) in [5.74, 6) is 0. The molecule has 0 aromatic heterocycles. The number of halogens is 4. The molecule has 2 rings (SSSR count). The van der Waals surface area contributed by atoms with Gasteiger partial charge < -0.3 is 14.7 Å². The Labute approximate surface area is 136 Å². The van der Waals surface area contributed by atoms with Crippen molar-refractivity contribution in [3.63, 3.8) is 0 Å². The molecule has 4 nitrogen and oxygen atoms in total. The summed E-state index contributed by atoms with van der Waals surface area (Å²) in [6.07, 6.45) is -0.307. The van der Waals surface area contributed by atoms with E-state index < -0.39 is 37.4 Å². The van der Waals surface area contributed by atoms with Gasteiger partial charge >= 0.3 is 0 Å². The van der Waals surface area contributed by atoms with Gasteiger partial charge in [0.15, 0.2) is 6.29 Å². The van der Waals surface area contributed by atoms with Crippen LogP contribution in [0.15, 0.2) is 23.4 Å². The normalized spacial score (nSPS) is 17.0. The second-order valence-corrected chi connectivity index (χ2v) is 5.74. The average molecular weight is 352 g/mol. The van der Waals surface area contributed by atoms with Crippen LogP contribution in [0.25, 0.3) is 0 Å². The first-order chi connectivity index (χ1) is 11.1. The Hall–Kier alpha value is -1.31. The maximum atomic E-state index is 13.3. The molecule has 23 heavy (non-hydrogen) atoms. The summed E-state index contributed by atoms with van der Waals surface area (Å²) in [5.41, 5.74) is -1.83. The quantitative estimate of drug-likeness (QED) is 0.466. The molecule has 1 aliphatic heterocycles. The average Bonchev–Trinajstić information content (AvgIpc) is 3.07. The van der Waals surface area contributed by atoms with Gasteiger partial charge in [-0.15, -0.1) is 0 Å². The predicted molar refractivity (Wildman–Crippen MR) is 79.5 cm³/mol. The monoisotopic (exact) mass is 351 g/mol. The van der Waals surface area contributed by atoms with Crippen LogP contribution in [-0.4, -0.2) is 50.4 Å². The minimum absolute atomic E-state index is 0.212. The number of ether oxygens (including phenoxy) is 2. The number of oxime groups is 1. The van der Waals surface area contributed by atoms with E-state index >= 15 is 0 Å². The SMILES string of the molecule is ON=C(c1ccc(Cl)cc1CC1OCCO1)C(CF)(CF)CF. The fourth-order valence-corrected chi connectivity index (χ4v) is 2.60. The molecule has 0 amide bonds. The highest BCUT2D eigenvalue weighted by molar-refractivity contribution is 6.30. The zero-order valence-corrected chi connectivity index (χ0v) is 13.0. The highest BCUT2D eigenvalue weighted by Gasteiger charge is 2.40. The van der Waals surface area contributed by atoms with E-state index in [1.165, 1.54) is 12.1 Å². The van der Waals surface area contributed by atoms with Gasteiger partial charge in [0.05, 0.1) is 13.2 Å². The molecule has 0 saturated carbocycles. The van der Waals surface area contributed by atoms with Crippen LogP contribution < -0.4 is 0 Å². The zero-order chi connectivity index (χ0) is 16.9. The number of rotatable bonds is 7. The Morgan fingerprint density at radius 2 is 1.83 bits per heavy atom. The molecule has 0 atom stereocenters. The summed E-state index contributed by atoms with van der Waals surface area (Å²) in [6, 6.07) is 4.46. The van der Waals surface area contributed by atoms with Crippen molar-refractivity contribution in [1.29, 1.82) is 0 Å². The van der Waals surface area contributed by atoms with Gasteiger partial charge in [-0.1, -0.05) is 22.8 Å². The van der Waals surface area contributed by atoms with Gasteiger partial charge in [0.1, 0.15) is 31.2 Å². The maximum absolute atomic E-state index is 13.3. The lowest BCUT2D eigenvalue weighted by Gasteiger charge is -2.27. The van der Waals surface area contributed by atoms with E-state index in [-0.39, 0.29) is 12.0 Å². The molecule has 1 aromatic carbocycles. The van der Waals surface area contributed by atoms with Crippen molar-refractivity contribution >= 4 is 17.3 Å². The summed E-state index contributed by atoms with van der Waals surface area (Å²) in [6.45, 7) is -3.14. The Bertz CT molecular complexity index is 553. The third-order valence-electron chi connectivity index (χ3n) is 3.77. The lowest BCUT2D eigenvalue weighted by molar-refractivity contribution is -0.0400. The Balaban J connectivity index is 2.43. The molecule has 1 heterocycles. The van der Waals surface area contributed by atoms with Crippen LogP contribution in [-0.2, 0) is 15.9 Å². The molecule has 8 heteroatoms. The zero-order valence-electron chi connectivity index (χ0n) is 12.3. The van der Waals surface area contributed by atoms with Gasteiger partial charge in [-0.2, -0.15) is 0 Å². The number of nitrogens with zero attached hydrogens (tertiary/aromatic N) is 1. The van der Waals surface area contributed by atoms with E-state index in [4.69, 9.17) is 21.1 Å². The molecule has 1 aliphatic rings. The summed E-state index contributed by atoms with van der Waals surface area (Å²) < 4.78 is 50.6. The smallest absolute Gasteiger partial charge is 0.161 e. The summed E-state index contributed by atoms with van der Waals surface area (Å²) in [5, 5.41) is 12.6. The van der Waals surface area contributed by atoms with E-state index in [0.29, 0.717) is 23.8 Å². The van der Waals surface area contributed by atoms with E-state index in [2.05, 4.69) is 5.16 Å². The third kappa shape index (κ3) is 3.79. The number of hydrogen-bond acceptors (Lipinski definition) is 4. The number of hydrogen-bond donors (Lipinski definition) is 1. The summed E-state index contributed by atoms with van der Waals surface area (Å²) in [7, 11) is 0. The van der Waals surface area contributed by atoms with Crippen LogP contribution in [0.4, 0.5) is 13.2 Å². The van der Waals surface area contributed by atoms with Crippen molar-refractivity contribution in [2.75, 3.05) is 33.2 Å². The van der Waals surface area contributed by atoms with E-state index in [9.17, 15) is 18.4 Å². The summed E-state index contributed by atoms with van der Waals surface area (Å²) >= 11 is 5.96. The molecule has 0 radical (unpaired) electrons. The predicted octanol–water partition coefficient (Wildman–Crippen LogP) is 3.33. The van der Waals surface area contributed by atoms with E-state index in [1.807, 2.05) is 0 Å². The minimum atomic E-state index is -2.14. The van der Waals surface area contributed by atoms with E-state index in [1.54, 1.807) is 6.07 Å². The standard InChI is InChI=1S/C15H17ClF3NO3/c16-11-1-2-12(10(5-11)6-13-22-3-4-23-13)14(20-21)15(7-17,8-18)9-19/h1-2,5,13,21H,3-4,6-9H2. The third-order valence-corrected chi connectivity index (χ3v) is 4.00. The van der Waals surface area contributed by atoms with Crippen LogP contribution in [0.3, 0.4) is 0 Å². The highest BCUT2D eigenvalue weighted by atomic mass is 35.5. The second kappa shape index (κ2) is 7.99. The first kappa shape index (κ1) is 18.0. The van der Waals surface area contributed by atoms with Crippen molar-refractivity contribution in [3.05, 3.63) is 34.3 Å². The molecule has 1 saturated heterocycles. The van der Waals surface area contributed by atoms with Crippen molar-refractivity contribution < 1.29 is 27.9 Å². The fourth-order valence-electron chi connectivity index (χ4n) is 2.41. The Morgan fingerprint density at radius 1 is 1.22 bits per heavy atom. The molecule has 0 bridgehead atoms. The van der Waals surface area contributed by atoms with Gasteiger partial charge in [-0.3, -0.25) is 0 Å².